The van der Waals surface area contributed by atoms with E-state index in [2.05, 4.69) is 15.2 Å². The van der Waals surface area contributed by atoms with Crippen molar-refractivity contribution in [2.45, 2.75) is 93.7 Å². The number of rotatable bonds is 13. The number of halogens is 1. The molecule has 7 N–H and O–H groups in total. The number of amides is 1. The first-order valence-corrected chi connectivity index (χ1v) is 17.3. The van der Waals surface area contributed by atoms with Crippen molar-refractivity contribution in [3.63, 3.8) is 0 Å². The summed E-state index contributed by atoms with van der Waals surface area (Å²) in [5.74, 6) is -0.793. The molecule has 276 valence electrons. The summed E-state index contributed by atoms with van der Waals surface area (Å²) in [6.45, 7) is 1.30. The monoisotopic (exact) mass is 718 g/mol. The Kier molecular flexibility index (Phi) is 11.1. The van der Waals surface area contributed by atoms with Crippen LogP contribution in [0.3, 0.4) is 0 Å². The van der Waals surface area contributed by atoms with Gasteiger partial charge < -0.3 is 40.3 Å². The zero-order valence-electron chi connectivity index (χ0n) is 28.5. The van der Waals surface area contributed by atoms with Gasteiger partial charge in [-0.25, -0.2) is 9.37 Å². The predicted octanol–water partition coefficient (Wildman–Crippen LogP) is 2.00. The number of aliphatic hydroxyl groups is 6. The molecule has 1 saturated heterocycles. The molecule has 2 heterocycles. The van der Waals surface area contributed by atoms with Crippen molar-refractivity contribution in [2.75, 3.05) is 4.90 Å². The van der Waals surface area contributed by atoms with E-state index in [4.69, 9.17) is 4.74 Å². The average molecular weight is 719 g/mol. The number of benzene rings is 3. The highest BCUT2D eigenvalue weighted by atomic mass is 19.1. The molecule has 1 aliphatic carbocycles. The fourth-order valence-corrected chi connectivity index (χ4v) is 7.30. The van der Waals surface area contributed by atoms with Gasteiger partial charge in [-0.2, -0.15) is 5.10 Å². The topological polar surface area (TPSA) is 210 Å². The van der Waals surface area contributed by atoms with E-state index in [0.717, 1.165) is 11.1 Å². The third-order valence-corrected chi connectivity index (χ3v) is 10.3. The molecular weight excluding hydrogens is 675 g/mol. The van der Waals surface area contributed by atoms with Gasteiger partial charge in [-0.15, -0.1) is 0 Å². The normalized spacial score (nSPS) is 28.0. The zero-order chi connectivity index (χ0) is 37.2. The third kappa shape index (κ3) is 7.63. The van der Waals surface area contributed by atoms with Crippen molar-refractivity contribution < 1.29 is 49.4 Å². The highest BCUT2D eigenvalue weighted by molar-refractivity contribution is 6.03. The number of nitrogens with zero attached hydrogens (tertiary/aromatic N) is 3. The number of anilines is 1. The molecule has 1 aliphatic heterocycles. The number of H-pyrrole nitrogens is 1. The quantitative estimate of drug-likeness (QED) is 0.0786. The lowest BCUT2D eigenvalue weighted by molar-refractivity contribution is -0.269. The molecule has 1 saturated carbocycles. The predicted molar refractivity (Wildman–Crippen MR) is 184 cm³/mol. The number of aliphatic hydroxyl groups excluding tert-OH is 5. The van der Waals surface area contributed by atoms with E-state index < -0.39 is 59.9 Å². The maximum Gasteiger partial charge on any atom is 0.303 e. The van der Waals surface area contributed by atoms with Crippen LogP contribution in [0.5, 0.6) is 0 Å². The highest BCUT2D eigenvalue weighted by Crippen LogP contribution is 2.47. The molecule has 6 rings (SSSR count). The van der Waals surface area contributed by atoms with E-state index in [1.165, 1.54) is 25.4 Å². The van der Waals surface area contributed by atoms with Crippen molar-refractivity contribution >= 4 is 17.6 Å². The van der Waals surface area contributed by atoms with Gasteiger partial charge in [0.15, 0.2) is 5.82 Å². The summed E-state index contributed by atoms with van der Waals surface area (Å²) < 4.78 is 19.2. The second-order valence-corrected chi connectivity index (χ2v) is 13.7. The summed E-state index contributed by atoms with van der Waals surface area (Å²) in [6.07, 6.45) is -6.49. The minimum Gasteiger partial charge on any atom is -0.458 e. The van der Waals surface area contributed by atoms with E-state index >= 15 is 0 Å². The SMILES string of the molecule is CC(=O)O[C@@H](CC[C@H]1C(=O)N(c2ccc(CCc3nc[nH]n3)cc2)[C@@H]1c1ccc(CCC2(O)[C@H](O)[C@@H](O)[C@H](O)[C@@H](O)[C@@H]2O)cc1)c1ccc(F)cc1. The number of nitrogens with one attached hydrogen (secondary N) is 1. The van der Waals surface area contributed by atoms with Crippen molar-refractivity contribution in [3.8, 4) is 0 Å². The van der Waals surface area contributed by atoms with Gasteiger partial charge in [-0.1, -0.05) is 48.5 Å². The number of β-lactam (4-membered cyclic amide) rings is 1. The van der Waals surface area contributed by atoms with Crippen LogP contribution in [0.15, 0.2) is 79.1 Å². The molecule has 4 aromatic rings. The molecule has 52 heavy (non-hydrogen) atoms. The van der Waals surface area contributed by atoms with Gasteiger partial charge >= 0.3 is 5.97 Å². The summed E-state index contributed by atoms with van der Waals surface area (Å²) in [6, 6.07) is 20.3. The van der Waals surface area contributed by atoms with Gasteiger partial charge in [0.25, 0.3) is 0 Å². The van der Waals surface area contributed by atoms with Crippen molar-refractivity contribution in [1.29, 1.82) is 0 Å². The minimum absolute atomic E-state index is 0.106. The molecule has 3 aromatic carbocycles. The number of ether oxygens (including phenoxy) is 1. The highest BCUT2D eigenvalue weighted by Gasteiger charge is 2.57. The number of aryl methyl sites for hydroxylation is 3. The van der Waals surface area contributed by atoms with Crippen LogP contribution in [-0.4, -0.2) is 93.8 Å². The molecule has 1 amide bonds. The number of hydrogen-bond acceptors (Lipinski definition) is 11. The summed E-state index contributed by atoms with van der Waals surface area (Å²) >= 11 is 0. The molecule has 0 radical (unpaired) electrons. The van der Waals surface area contributed by atoms with Gasteiger partial charge in [0.2, 0.25) is 5.91 Å². The van der Waals surface area contributed by atoms with Crippen LogP contribution in [-0.2, 0) is 33.6 Å². The van der Waals surface area contributed by atoms with E-state index in [-0.39, 0.29) is 24.8 Å². The van der Waals surface area contributed by atoms with E-state index in [1.807, 2.05) is 36.4 Å². The fraction of sp³-hybridized carbons (Fsp3) is 0.421. The number of esters is 1. The fourth-order valence-electron chi connectivity index (χ4n) is 7.30. The first kappa shape index (κ1) is 37.2. The molecule has 2 aliphatic rings. The number of hydrogen-bond donors (Lipinski definition) is 7. The molecule has 0 bridgehead atoms. The minimum atomic E-state index is -2.27. The smallest absolute Gasteiger partial charge is 0.303 e. The Morgan fingerprint density at radius 3 is 2.10 bits per heavy atom. The van der Waals surface area contributed by atoms with Gasteiger partial charge in [0.05, 0.1) is 12.0 Å². The largest absolute Gasteiger partial charge is 0.458 e. The molecule has 13 nitrogen and oxygen atoms in total. The lowest BCUT2D eigenvalue weighted by Gasteiger charge is -2.48. The van der Waals surface area contributed by atoms with Crippen molar-refractivity contribution in [2.24, 2.45) is 5.92 Å². The number of aromatic nitrogens is 3. The third-order valence-electron chi connectivity index (χ3n) is 10.3. The second-order valence-electron chi connectivity index (χ2n) is 13.7. The molecule has 2 fully saturated rings. The maximum atomic E-state index is 13.9. The van der Waals surface area contributed by atoms with E-state index in [0.29, 0.717) is 48.3 Å². The van der Waals surface area contributed by atoms with Crippen LogP contribution in [0.1, 0.15) is 66.4 Å². The van der Waals surface area contributed by atoms with Crippen LogP contribution in [0, 0.1) is 11.7 Å². The van der Waals surface area contributed by atoms with Crippen molar-refractivity contribution in [3.05, 3.63) is 113 Å². The van der Waals surface area contributed by atoms with E-state index in [9.17, 15) is 44.6 Å². The van der Waals surface area contributed by atoms with Crippen LogP contribution in [0.4, 0.5) is 10.1 Å². The van der Waals surface area contributed by atoms with E-state index in [1.54, 1.807) is 29.2 Å². The first-order valence-electron chi connectivity index (χ1n) is 17.3. The van der Waals surface area contributed by atoms with Crippen LogP contribution >= 0.6 is 0 Å². The van der Waals surface area contributed by atoms with Gasteiger partial charge in [0.1, 0.15) is 54.4 Å². The molecule has 14 heteroatoms. The van der Waals surface area contributed by atoms with Gasteiger partial charge in [-0.05, 0) is 78.6 Å². The molecule has 0 spiro atoms. The Balaban J connectivity index is 1.21. The number of carbonyl (C=O) groups is 2. The molecule has 1 aromatic heterocycles. The summed E-state index contributed by atoms with van der Waals surface area (Å²) in [4.78, 5) is 31.7. The zero-order valence-corrected chi connectivity index (χ0v) is 28.5. The maximum absolute atomic E-state index is 13.9. The van der Waals surface area contributed by atoms with Crippen LogP contribution in [0.2, 0.25) is 0 Å². The summed E-state index contributed by atoms with van der Waals surface area (Å²) in [5.41, 5.74) is 1.62. The van der Waals surface area contributed by atoms with Crippen molar-refractivity contribution in [1.82, 2.24) is 15.2 Å². The van der Waals surface area contributed by atoms with Gasteiger partial charge in [0, 0.05) is 19.0 Å². The summed E-state index contributed by atoms with van der Waals surface area (Å²) in [7, 11) is 0. The Morgan fingerprint density at radius 2 is 1.50 bits per heavy atom. The number of carbonyl (C=O) groups excluding carboxylic acids is 2. The Labute approximate surface area is 299 Å². The summed E-state index contributed by atoms with van der Waals surface area (Å²) in [5, 5.41) is 69.0. The number of aromatic amines is 1. The Morgan fingerprint density at radius 1 is 0.885 bits per heavy atom. The lowest BCUT2D eigenvalue weighted by Crippen LogP contribution is -2.70. The molecular formula is C38H43FN4O9. The van der Waals surface area contributed by atoms with Gasteiger partial charge in [-0.3, -0.25) is 14.7 Å². The Bertz CT molecular complexity index is 1790. The Hall–Kier alpha value is -4.57. The molecule has 1 unspecified atom stereocenters. The van der Waals surface area contributed by atoms with Crippen LogP contribution in [0.25, 0.3) is 0 Å². The lowest BCUT2D eigenvalue weighted by atomic mass is 9.72. The first-order chi connectivity index (χ1) is 24.9. The average Bonchev–Trinajstić information content (AvgIpc) is 3.67. The standard InChI is InChI=1S/C38H43FN4O9/c1-21(44)52-29(24-9-11-26(39)12-10-24)16-15-28-31(43(37(28)50)27-13-4-22(5-14-27)6-17-30-40-20-41-42-30)25-7-2-23(3-8-25)18-19-38(51)35(48)33(46)32(45)34(47)36(38)49/h2-5,7-14,20,28-29,31-36,45-49,51H,6,15-19H2,1H3,(H,40,41,42)/t28-,29+,31-,32-,33-,34+,35+,36-,38?/m1/s1. The molecule has 9 atom stereocenters. The van der Waals surface area contributed by atoms with Crippen LogP contribution < -0.4 is 4.90 Å². The second kappa shape index (κ2) is 15.6.